The van der Waals surface area contributed by atoms with Gasteiger partial charge in [-0.1, -0.05) is 72.8 Å². The number of aryl methyl sites for hydroxylation is 2. The Hall–Kier alpha value is -6.70. The summed E-state index contributed by atoms with van der Waals surface area (Å²) in [7, 11) is 0. The molecule has 4 aromatic carbocycles. The highest BCUT2D eigenvalue weighted by Gasteiger charge is 2.50. The first-order valence-electron chi connectivity index (χ1n) is 21.8. The summed E-state index contributed by atoms with van der Waals surface area (Å²) in [6.45, 7) is 2.09. The van der Waals surface area contributed by atoms with Gasteiger partial charge >= 0.3 is 12.2 Å². The lowest BCUT2D eigenvalue weighted by molar-refractivity contribution is -0.138. The molecule has 4 aliphatic rings. The summed E-state index contributed by atoms with van der Waals surface area (Å²) >= 11 is 0. The molecule has 3 N–H and O–H groups in total. The van der Waals surface area contributed by atoms with Gasteiger partial charge in [0.15, 0.2) is 0 Å². The minimum Gasteiger partial charge on any atom is -0.465 e. The maximum atomic E-state index is 13.5. The van der Waals surface area contributed by atoms with E-state index in [0.29, 0.717) is 44.2 Å². The summed E-state index contributed by atoms with van der Waals surface area (Å²) < 4.78 is 5.76. The third-order valence-corrected chi connectivity index (χ3v) is 13.0. The van der Waals surface area contributed by atoms with E-state index in [1.165, 1.54) is 4.90 Å². The molecule has 14 heteroatoms. The number of ether oxygens (including phenoxy) is 1. The minimum absolute atomic E-state index is 0.0213. The highest BCUT2D eigenvalue weighted by atomic mass is 16.6. The number of nitrogens with zero attached hydrogens (tertiary/aromatic N) is 6. The summed E-state index contributed by atoms with van der Waals surface area (Å²) in [5.41, 5.74) is 6.12. The predicted molar refractivity (Wildman–Crippen MR) is 231 cm³/mol. The Morgan fingerprint density at radius 1 is 0.677 bits per heavy atom. The lowest BCUT2D eigenvalue weighted by atomic mass is 9.85. The van der Waals surface area contributed by atoms with E-state index in [2.05, 4.69) is 34.2 Å². The van der Waals surface area contributed by atoms with Crippen LogP contribution in [0.5, 0.6) is 0 Å². The highest BCUT2D eigenvalue weighted by molar-refractivity contribution is 5.83. The zero-order valence-corrected chi connectivity index (χ0v) is 34.5. The molecular weight excluding hydrogens is 785 g/mol. The number of carbonyl (C=O) groups excluding carboxylic acids is 3. The van der Waals surface area contributed by atoms with Crippen molar-refractivity contribution in [3.63, 3.8) is 0 Å². The van der Waals surface area contributed by atoms with Gasteiger partial charge in [-0.25, -0.2) is 19.6 Å². The SMILES string of the molecule is O=C(C1CC1)N1CCN(C(=O)OCc2ccccc2)C(c2nc3ccc(CCc4ccc5nc(C6(Cc7ccccc7)CN(C(=O)C7CC7)CCN6C(=O)O)[nH]c5c4)cc3[nH]2)C1. The fourth-order valence-corrected chi connectivity index (χ4v) is 9.28. The Morgan fingerprint density at radius 3 is 1.92 bits per heavy atom. The molecule has 2 saturated heterocycles. The van der Waals surface area contributed by atoms with Gasteiger partial charge in [-0.05, 0) is 85.0 Å². The Bertz CT molecular complexity index is 2640. The Morgan fingerprint density at radius 2 is 1.27 bits per heavy atom. The van der Waals surface area contributed by atoms with Crippen LogP contribution in [0, 0.1) is 11.8 Å². The van der Waals surface area contributed by atoms with E-state index in [0.717, 1.165) is 82.8 Å². The standard InChI is InChI=1S/C48H50N8O6/c57-43(35-15-16-35)53-21-23-55(47(61)62-29-34-9-5-2-6-10-34)41(28-53)42-49-37-19-13-31(25-39(37)50-42)11-12-32-14-20-38-40(26-32)52-45(51-38)48(27-33-7-3-1-4-8-33)30-54(44(58)36-17-18-36)22-24-56(48)46(59)60/h1-10,13-14,19-20,25-26,35-36,41H,11-12,15-18,21-24,27-30H2,(H,49,50)(H,51,52)(H,59,60). The molecule has 14 nitrogen and oxygen atoms in total. The van der Waals surface area contributed by atoms with E-state index >= 15 is 0 Å². The summed E-state index contributed by atoms with van der Waals surface area (Å²) in [4.78, 5) is 76.9. The summed E-state index contributed by atoms with van der Waals surface area (Å²) in [6, 6.07) is 31.2. The van der Waals surface area contributed by atoms with Crippen molar-refractivity contribution in [3.05, 3.63) is 131 Å². The van der Waals surface area contributed by atoms with Crippen molar-refractivity contribution >= 4 is 46.1 Å². The molecule has 4 amide bonds. The molecular formula is C48H50N8O6. The van der Waals surface area contributed by atoms with Crippen molar-refractivity contribution < 1.29 is 29.0 Å². The quantitative estimate of drug-likeness (QED) is 0.128. The molecule has 2 unspecified atom stereocenters. The number of nitrogens with one attached hydrogen (secondary N) is 2. The van der Waals surface area contributed by atoms with Gasteiger partial charge in [-0.2, -0.15) is 0 Å². The topological polar surface area (TPSA) is 168 Å². The number of fused-ring (bicyclic) bond motifs is 2. The number of rotatable bonds is 11. The van der Waals surface area contributed by atoms with E-state index in [1.54, 1.807) is 4.90 Å². The second-order valence-corrected chi connectivity index (χ2v) is 17.4. The summed E-state index contributed by atoms with van der Waals surface area (Å²) in [5.74, 6) is 1.49. The van der Waals surface area contributed by atoms with Gasteiger partial charge in [0.1, 0.15) is 29.8 Å². The lowest BCUT2D eigenvalue weighted by Crippen LogP contribution is -2.64. The third kappa shape index (κ3) is 7.96. The number of carbonyl (C=O) groups is 4. The van der Waals surface area contributed by atoms with Crippen LogP contribution in [-0.2, 0) is 45.7 Å². The first kappa shape index (κ1) is 39.4. The molecule has 2 aromatic heterocycles. The molecule has 4 fully saturated rings. The molecule has 2 saturated carbocycles. The van der Waals surface area contributed by atoms with Gasteiger partial charge in [0.2, 0.25) is 11.8 Å². The van der Waals surface area contributed by atoms with Gasteiger partial charge in [0.05, 0.1) is 28.6 Å². The molecule has 10 rings (SSSR count). The van der Waals surface area contributed by atoms with Crippen LogP contribution in [0.1, 0.15) is 65.6 Å². The van der Waals surface area contributed by atoms with E-state index in [4.69, 9.17) is 14.7 Å². The van der Waals surface area contributed by atoms with Crippen LogP contribution >= 0.6 is 0 Å². The van der Waals surface area contributed by atoms with Gasteiger partial charge in [0.25, 0.3) is 0 Å². The summed E-state index contributed by atoms with van der Waals surface area (Å²) in [6.07, 6.45) is 3.95. The van der Waals surface area contributed by atoms with Crippen molar-refractivity contribution in [3.8, 4) is 0 Å². The van der Waals surface area contributed by atoms with Crippen LogP contribution in [0.15, 0.2) is 97.1 Å². The van der Waals surface area contributed by atoms with Crippen LogP contribution in [0.4, 0.5) is 9.59 Å². The van der Waals surface area contributed by atoms with Crippen molar-refractivity contribution in [2.24, 2.45) is 11.8 Å². The molecule has 0 radical (unpaired) electrons. The molecule has 4 heterocycles. The van der Waals surface area contributed by atoms with Crippen LogP contribution in [0.2, 0.25) is 0 Å². The second kappa shape index (κ2) is 16.3. The molecule has 2 aliphatic carbocycles. The number of H-pyrrole nitrogens is 2. The van der Waals surface area contributed by atoms with Crippen molar-refractivity contribution in [2.75, 3.05) is 39.3 Å². The number of aromatic nitrogens is 4. The fourth-order valence-electron chi connectivity index (χ4n) is 9.28. The minimum atomic E-state index is -1.10. The van der Waals surface area contributed by atoms with Crippen LogP contribution in [0.25, 0.3) is 22.1 Å². The highest BCUT2D eigenvalue weighted by Crippen LogP contribution is 2.39. The summed E-state index contributed by atoms with van der Waals surface area (Å²) in [5, 5.41) is 10.6. The average Bonchev–Trinajstić information content (AvgIpc) is 4.24. The van der Waals surface area contributed by atoms with Crippen molar-refractivity contribution in [2.45, 2.75) is 63.1 Å². The number of aromatic amines is 2. The maximum absolute atomic E-state index is 13.5. The van der Waals surface area contributed by atoms with Crippen LogP contribution in [0.3, 0.4) is 0 Å². The molecule has 0 spiro atoms. The predicted octanol–water partition coefficient (Wildman–Crippen LogP) is 6.83. The Balaban J connectivity index is 0.881. The number of hydrogen-bond donors (Lipinski definition) is 3. The third-order valence-electron chi connectivity index (χ3n) is 13.0. The fraction of sp³-hybridized carbons (Fsp3) is 0.375. The molecule has 0 bridgehead atoms. The molecule has 2 aliphatic heterocycles. The first-order chi connectivity index (χ1) is 30.2. The smallest absolute Gasteiger partial charge is 0.410 e. The number of benzene rings is 4. The van der Waals surface area contributed by atoms with Gasteiger partial charge < -0.3 is 29.6 Å². The number of imidazole rings is 2. The molecule has 2 atom stereocenters. The van der Waals surface area contributed by atoms with Gasteiger partial charge in [0, 0.05) is 51.0 Å². The number of amides is 4. The van der Waals surface area contributed by atoms with Crippen molar-refractivity contribution in [1.29, 1.82) is 0 Å². The van der Waals surface area contributed by atoms with E-state index in [-0.39, 0.29) is 43.3 Å². The van der Waals surface area contributed by atoms with Crippen LogP contribution in [-0.4, -0.2) is 108 Å². The number of hydrogen-bond acceptors (Lipinski definition) is 7. The zero-order chi connectivity index (χ0) is 42.4. The van der Waals surface area contributed by atoms with E-state index < -0.39 is 23.8 Å². The van der Waals surface area contributed by atoms with E-state index in [9.17, 15) is 24.3 Å². The Labute approximate surface area is 358 Å². The normalized spacial score (nSPS) is 20.5. The Kier molecular flexibility index (Phi) is 10.4. The molecule has 6 aromatic rings. The maximum Gasteiger partial charge on any atom is 0.410 e. The number of carboxylic acid groups (broad SMARTS) is 1. The van der Waals surface area contributed by atoms with Gasteiger partial charge in [-0.15, -0.1) is 0 Å². The molecule has 62 heavy (non-hydrogen) atoms. The van der Waals surface area contributed by atoms with E-state index in [1.807, 2.05) is 82.6 Å². The first-order valence-corrected chi connectivity index (χ1v) is 21.8. The monoisotopic (exact) mass is 834 g/mol. The average molecular weight is 835 g/mol. The largest absolute Gasteiger partial charge is 0.465 e. The zero-order valence-electron chi connectivity index (χ0n) is 34.5. The second-order valence-electron chi connectivity index (χ2n) is 17.4. The lowest BCUT2D eigenvalue weighted by Gasteiger charge is -2.48. The molecule has 318 valence electrons. The van der Waals surface area contributed by atoms with Crippen LogP contribution < -0.4 is 0 Å². The van der Waals surface area contributed by atoms with Crippen molar-refractivity contribution in [1.82, 2.24) is 39.5 Å². The number of piperazine rings is 2. The van der Waals surface area contributed by atoms with Gasteiger partial charge in [-0.3, -0.25) is 19.4 Å².